The van der Waals surface area contributed by atoms with Crippen LogP contribution in [-0.4, -0.2) is 17.4 Å². The number of benzene rings is 3. The third kappa shape index (κ3) is 3.90. The van der Waals surface area contributed by atoms with E-state index in [1.807, 2.05) is 67.6 Å². The van der Waals surface area contributed by atoms with Crippen LogP contribution in [0.15, 0.2) is 77.7 Å². The number of nitrogens with one attached hydrogen (secondary N) is 1. The minimum atomic E-state index is -3.88. The molecule has 5 nitrogen and oxygen atoms in total. The molecule has 2 aromatic heterocycles. The fourth-order valence-electron chi connectivity index (χ4n) is 4.99. The molecule has 5 rings (SSSR count). The molecule has 3 aromatic carbocycles. The number of aromatic amines is 1. The van der Waals surface area contributed by atoms with E-state index < -0.39 is 10.0 Å². The SMILES string of the molecule is Cc1c(Cc2[nH]c3ccccc3c2CC#N)n(S(=O)(=O)c2ccc(C(C)(C)C)cc2)c2ccccc12. The maximum absolute atomic E-state index is 14.1. The lowest BCUT2D eigenvalue weighted by Crippen LogP contribution is -2.17. The number of aryl methyl sites for hydroxylation is 1. The second-order valence-corrected chi connectivity index (χ2v) is 12.1. The minimum absolute atomic E-state index is 0.0725. The van der Waals surface area contributed by atoms with Gasteiger partial charge >= 0.3 is 0 Å². The molecule has 6 heteroatoms. The lowest BCUT2D eigenvalue weighted by Gasteiger charge is -2.19. The number of nitrogens with zero attached hydrogens (tertiary/aromatic N) is 2. The summed E-state index contributed by atoms with van der Waals surface area (Å²) in [6.45, 7) is 8.29. The van der Waals surface area contributed by atoms with Crippen molar-refractivity contribution in [2.45, 2.75) is 50.8 Å². The number of hydrogen-bond acceptors (Lipinski definition) is 3. The average Bonchev–Trinajstić information content (AvgIpc) is 3.34. The summed E-state index contributed by atoms with van der Waals surface area (Å²) < 4.78 is 29.7. The zero-order chi connectivity index (χ0) is 25.7. The van der Waals surface area contributed by atoms with Crippen LogP contribution in [0.2, 0.25) is 0 Å². The Morgan fingerprint density at radius 2 is 1.56 bits per heavy atom. The third-order valence-corrected chi connectivity index (χ3v) is 8.73. The highest BCUT2D eigenvalue weighted by molar-refractivity contribution is 7.90. The van der Waals surface area contributed by atoms with E-state index in [1.165, 1.54) is 3.97 Å². The van der Waals surface area contributed by atoms with E-state index in [0.717, 1.165) is 38.7 Å². The van der Waals surface area contributed by atoms with E-state index in [9.17, 15) is 13.7 Å². The second kappa shape index (κ2) is 8.69. The van der Waals surface area contributed by atoms with Gasteiger partial charge in [0.25, 0.3) is 10.0 Å². The topological polar surface area (TPSA) is 78.7 Å². The number of rotatable bonds is 5. The predicted molar refractivity (Wildman–Crippen MR) is 145 cm³/mol. The molecule has 1 N–H and O–H groups in total. The molecule has 0 aliphatic rings. The molecule has 0 atom stereocenters. The van der Waals surface area contributed by atoms with Crippen molar-refractivity contribution in [1.29, 1.82) is 5.26 Å². The molecule has 0 saturated heterocycles. The fraction of sp³-hybridized carbons (Fsp3) is 0.233. The van der Waals surface area contributed by atoms with E-state index in [0.29, 0.717) is 17.6 Å². The van der Waals surface area contributed by atoms with Gasteiger partial charge in [0.05, 0.1) is 22.9 Å². The standard InChI is InChI=1S/C30H29N3O2S/c1-20-23-9-6-8-12-28(23)33(36(34,35)22-15-13-21(14-16-22)30(2,3)4)29(20)19-27-25(17-18-31)24-10-5-7-11-26(24)32-27/h5-16,32H,17,19H2,1-4H3. The highest BCUT2D eigenvalue weighted by atomic mass is 32.2. The van der Waals surface area contributed by atoms with E-state index in [-0.39, 0.29) is 16.7 Å². The number of fused-ring (bicyclic) bond motifs is 2. The molecular weight excluding hydrogens is 466 g/mol. The Morgan fingerprint density at radius 3 is 2.22 bits per heavy atom. The van der Waals surface area contributed by atoms with E-state index in [4.69, 9.17) is 0 Å². The first kappa shape index (κ1) is 23.9. The van der Waals surface area contributed by atoms with Gasteiger partial charge < -0.3 is 4.98 Å². The van der Waals surface area contributed by atoms with Crippen molar-refractivity contribution in [2.24, 2.45) is 0 Å². The summed E-state index contributed by atoms with van der Waals surface area (Å²) in [5, 5.41) is 11.4. The third-order valence-electron chi connectivity index (χ3n) is 6.97. The molecule has 0 unspecified atom stereocenters. The number of aromatic nitrogens is 2. The van der Waals surface area contributed by atoms with Gasteiger partial charge in [-0.2, -0.15) is 5.26 Å². The monoisotopic (exact) mass is 495 g/mol. The predicted octanol–water partition coefficient (Wildman–Crippen LogP) is 6.62. The van der Waals surface area contributed by atoms with Gasteiger partial charge in [-0.1, -0.05) is 69.3 Å². The molecule has 0 fully saturated rings. The van der Waals surface area contributed by atoms with Crippen molar-refractivity contribution < 1.29 is 8.42 Å². The van der Waals surface area contributed by atoms with Crippen LogP contribution in [0.1, 0.15) is 48.8 Å². The Labute approximate surface area is 212 Å². The van der Waals surface area contributed by atoms with Crippen LogP contribution < -0.4 is 0 Å². The van der Waals surface area contributed by atoms with Crippen LogP contribution in [0, 0.1) is 18.3 Å². The number of para-hydroxylation sites is 2. The van der Waals surface area contributed by atoms with Gasteiger partial charge in [0.15, 0.2) is 0 Å². The Bertz CT molecular complexity index is 1740. The number of hydrogen-bond donors (Lipinski definition) is 1. The molecule has 182 valence electrons. The van der Waals surface area contributed by atoms with Gasteiger partial charge in [0.2, 0.25) is 0 Å². The number of nitriles is 1. The van der Waals surface area contributed by atoms with E-state index in [1.54, 1.807) is 12.1 Å². The number of H-pyrrole nitrogens is 1. The second-order valence-electron chi connectivity index (χ2n) is 10.3. The van der Waals surface area contributed by atoms with Gasteiger partial charge in [0, 0.05) is 34.1 Å². The molecule has 0 radical (unpaired) electrons. The quantitative estimate of drug-likeness (QED) is 0.297. The van der Waals surface area contributed by atoms with E-state index in [2.05, 4.69) is 31.8 Å². The molecule has 0 aliphatic carbocycles. The van der Waals surface area contributed by atoms with E-state index >= 15 is 0 Å². The van der Waals surface area contributed by atoms with Crippen molar-refractivity contribution >= 4 is 31.8 Å². The average molecular weight is 496 g/mol. The molecule has 36 heavy (non-hydrogen) atoms. The summed E-state index contributed by atoms with van der Waals surface area (Å²) in [5.41, 5.74) is 6.00. The van der Waals surface area contributed by atoms with Gasteiger partial charge in [-0.05, 0) is 53.3 Å². The molecule has 2 heterocycles. The van der Waals surface area contributed by atoms with Crippen LogP contribution in [0.3, 0.4) is 0 Å². The molecule has 0 amide bonds. The first-order valence-corrected chi connectivity index (χ1v) is 13.5. The van der Waals surface area contributed by atoms with Crippen LogP contribution in [0.25, 0.3) is 21.8 Å². The lowest BCUT2D eigenvalue weighted by molar-refractivity contribution is 0.582. The van der Waals surface area contributed by atoms with Crippen LogP contribution in [0.4, 0.5) is 0 Å². The summed E-state index contributed by atoms with van der Waals surface area (Å²) in [5.74, 6) is 0. The van der Waals surface area contributed by atoms with Crippen LogP contribution >= 0.6 is 0 Å². The van der Waals surface area contributed by atoms with Crippen molar-refractivity contribution in [3.63, 3.8) is 0 Å². The normalized spacial score (nSPS) is 12.3. The molecular formula is C30H29N3O2S. The highest BCUT2D eigenvalue weighted by Crippen LogP contribution is 2.34. The lowest BCUT2D eigenvalue weighted by atomic mass is 9.87. The van der Waals surface area contributed by atoms with Gasteiger partial charge in [-0.25, -0.2) is 12.4 Å². The first-order valence-electron chi connectivity index (χ1n) is 12.0. The molecule has 0 saturated carbocycles. The smallest absolute Gasteiger partial charge is 0.268 e. The zero-order valence-corrected chi connectivity index (χ0v) is 21.8. The summed E-state index contributed by atoms with van der Waals surface area (Å²) in [7, 11) is -3.88. The van der Waals surface area contributed by atoms with Gasteiger partial charge in [-0.15, -0.1) is 0 Å². The zero-order valence-electron chi connectivity index (χ0n) is 21.0. The minimum Gasteiger partial charge on any atom is -0.358 e. The van der Waals surface area contributed by atoms with Gasteiger partial charge in [-0.3, -0.25) is 0 Å². The maximum Gasteiger partial charge on any atom is 0.268 e. The van der Waals surface area contributed by atoms with Crippen LogP contribution in [0.5, 0.6) is 0 Å². The van der Waals surface area contributed by atoms with Gasteiger partial charge in [0.1, 0.15) is 0 Å². The molecule has 0 bridgehead atoms. The highest BCUT2D eigenvalue weighted by Gasteiger charge is 2.27. The summed E-state index contributed by atoms with van der Waals surface area (Å²) in [4.78, 5) is 3.71. The first-order chi connectivity index (χ1) is 17.1. The van der Waals surface area contributed by atoms with Crippen molar-refractivity contribution in [3.8, 4) is 6.07 Å². The Hall–Kier alpha value is -3.82. The summed E-state index contributed by atoms with van der Waals surface area (Å²) in [6, 6.07) is 25.0. The summed E-state index contributed by atoms with van der Waals surface area (Å²) in [6.07, 6.45) is 0.616. The molecule has 0 spiro atoms. The van der Waals surface area contributed by atoms with Crippen LogP contribution in [-0.2, 0) is 28.3 Å². The summed E-state index contributed by atoms with van der Waals surface area (Å²) >= 11 is 0. The molecule has 0 aliphatic heterocycles. The maximum atomic E-state index is 14.1. The van der Waals surface area contributed by atoms with Crippen molar-refractivity contribution in [1.82, 2.24) is 8.96 Å². The molecule has 5 aromatic rings. The van der Waals surface area contributed by atoms with Crippen molar-refractivity contribution in [2.75, 3.05) is 0 Å². The fourth-order valence-corrected chi connectivity index (χ4v) is 6.59. The Kier molecular flexibility index (Phi) is 5.77. The van der Waals surface area contributed by atoms with Crippen molar-refractivity contribution in [3.05, 3.63) is 101 Å². The Morgan fingerprint density at radius 1 is 0.917 bits per heavy atom. The Balaban J connectivity index is 1.72. The largest absolute Gasteiger partial charge is 0.358 e.